The number of aromatic nitrogens is 4. The molecule has 1 unspecified atom stereocenters. The van der Waals surface area contributed by atoms with Crippen molar-refractivity contribution in [3.05, 3.63) is 144 Å². The number of carbonyl (C=O) groups excluding carboxylic acids is 1. The predicted molar refractivity (Wildman–Crippen MR) is 190 cm³/mol. The fourth-order valence-corrected chi connectivity index (χ4v) is 5.82. The Labute approximate surface area is 286 Å². The second-order valence-electron chi connectivity index (χ2n) is 11.6. The first-order valence-electron chi connectivity index (χ1n) is 15.9. The lowest BCUT2D eigenvalue weighted by Crippen LogP contribution is -2.13. The van der Waals surface area contributed by atoms with Gasteiger partial charge in [-0.15, -0.1) is 20.4 Å². The van der Waals surface area contributed by atoms with Gasteiger partial charge in [0, 0.05) is 23.6 Å². The van der Waals surface area contributed by atoms with Gasteiger partial charge in [0.2, 0.25) is 11.8 Å². The second-order valence-corrected chi connectivity index (χ2v) is 11.6. The Kier molecular flexibility index (Phi) is 8.83. The van der Waals surface area contributed by atoms with E-state index in [1.54, 1.807) is 36.4 Å². The minimum atomic E-state index is -0.226. The van der Waals surface area contributed by atoms with Crippen molar-refractivity contribution in [2.45, 2.75) is 19.4 Å². The molecule has 2 heterocycles. The first kappa shape index (κ1) is 31.9. The topological polar surface area (TPSA) is 161 Å². The molecule has 0 aliphatic rings. The third-order valence-electron chi connectivity index (χ3n) is 8.29. The lowest BCUT2D eigenvalue weighted by molar-refractivity contribution is 0.101. The van der Waals surface area contributed by atoms with E-state index in [0.29, 0.717) is 40.5 Å². The number of phenolic OH excluding ortho intramolecular Hbond substituents is 2. The van der Waals surface area contributed by atoms with Crippen LogP contribution in [0.1, 0.15) is 34.8 Å². The zero-order valence-corrected chi connectivity index (χ0v) is 26.9. The third kappa shape index (κ3) is 6.43. The summed E-state index contributed by atoms with van der Waals surface area (Å²) in [4.78, 5) is 11.8. The SMILES string of the molecule is CC(=O)c1ccccc1-c1nnc(-c2c(O)ccc3ccccc23)o1.NC(Cc1nnc(-c2c(O)ccc3ccccc23)o1)c1ccccc1. The number of carbonyl (C=O) groups is 1. The van der Waals surface area contributed by atoms with Gasteiger partial charge < -0.3 is 24.8 Å². The van der Waals surface area contributed by atoms with E-state index >= 15 is 0 Å². The minimum Gasteiger partial charge on any atom is -0.507 e. The van der Waals surface area contributed by atoms with Gasteiger partial charge in [0.15, 0.2) is 5.78 Å². The van der Waals surface area contributed by atoms with Crippen LogP contribution >= 0.6 is 0 Å². The quantitative estimate of drug-likeness (QED) is 0.142. The van der Waals surface area contributed by atoms with Crippen molar-refractivity contribution in [1.29, 1.82) is 0 Å². The summed E-state index contributed by atoms with van der Waals surface area (Å²) < 4.78 is 11.6. The average Bonchev–Trinajstić information content (AvgIpc) is 3.82. The number of ketones is 1. The molecular formula is C40H31N5O5. The van der Waals surface area contributed by atoms with Crippen LogP contribution in [-0.2, 0) is 6.42 Å². The van der Waals surface area contributed by atoms with Crippen LogP contribution in [0.3, 0.4) is 0 Å². The Morgan fingerprint density at radius 2 is 1.14 bits per heavy atom. The summed E-state index contributed by atoms with van der Waals surface area (Å²) in [7, 11) is 0. The van der Waals surface area contributed by atoms with Crippen LogP contribution in [0.15, 0.2) is 136 Å². The first-order chi connectivity index (χ1) is 24.4. The van der Waals surface area contributed by atoms with E-state index in [-0.39, 0.29) is 35.1 Å². The normalized spacial score (nSPS) is 11.6. The highest BCUT2D eigenvalue weighted by Gasteiger charge is 2.20. The van der Waals surface area contributed by atoms with E-state index in [1.807, 2.05) is 91.0 Å². The van der Waals surface area contributed by atoms with Crippen LogP contribution in [0.2, 0.25) is 0 Å². The third-order valence-corrected chi connectivity index (χ3v) is 8.29. The molecule has 2 aromatic heterocycles. The molecule has 0 spiro atoms. The minimum absolute atomic E-state index is 0.0637. The number of nitrogens with zero attached hydrogens (tertiary/aromatic N) is 4. The monoisotopic (exact) mass is 661 g/mol. The molecule has 10 nitrogen and oxygen atoms in total. The molecule has 0 bridgehead atoms. The predicted octanol–water partition coefficient (Wildman–Crippen LogP) is 8.30. The summed E-state index contributed by atoms with van der Waals surface area (Å²) in [6.45, 7) is 1.49. The molecule has 4 N–H and O–H groups in total. The number of nitrogens with two attached hydrogens (primary N) is 1. The number of fused-ring (bicyclic) bond motifs is 2. The summed E-state index contributed by atoms with van der Waals surface area (Å²) in [6.07, 6.45) is 0.433. The number of phenols is 2. The highest BCUT2D eigenvalue weighted by atomic mass is 16.4. The lowest BCUT2D eigenvalue weighted by Gasteiger charge is -2.08. The van der Waals surface area contributed by atoms with Gasteiger partial charge in [-0.25, -0.2) is 0 Å². The van der Waals surface area contributed by atoms with E-state index in [4.69, 9.17) is 14.6 Å². The molecule has 0 aliphatic heterocycles. The number of benzene rings is 6. The van der Waals surface area contributed by atoms with Gasteiger partial charge in [-0.1, -0.05) is 109 Å². The van der Waals surface area contributed by atoms with Gasteiger partial charge in [-0.3, -0.25) is 4.79 Å². The van der Waals surface area contributed by atoms with Crippen molar-refractivity contribution in [2.24, 2.45) is 5.73 Å². The maximum atomic E-state index is 11.8. The molecular weight excluding hydrogens is 630 g/mol. The number of aromatic hydroxyl groups is 2. The van der Waals surface area contributed by atoms with E-state index in [2.05, 4.69) is 20.4 Å². The maximum Gasteiger partial charge on any atom is 0.252 e. The van der Waals surface area contributed by atoms with E-state index < -0.39 is 0 Å². The number of rotatable bonds is 7. The highest BCUT2D eigenvalue weighted by Crippen LogP contribution is 2.38. The molecule has 1 atom stereocenters. The maximum absolute atomic E-state index is 11.8. The fraction of sp³-hybridized carbons (Fsp3) is 0.0750. The van der Waals surface area contributed by atoms with Crippen molar-refractivity contribution in [3.63, 3.8) is 0 Å². The van der Waals surface area contributed by atoms with Crippen LogP contribution in [0.25, 0.3) is 55.9 Å². The smallest absolute Gasteiger partial charge is 0.252 e. The van der Waals surface area contributed by atoms with Crippen LogP contribution in [0.4, 0.5) is 0 Å². The van der Waals surface area contributed by atoms with Gasteiger partial charge in [-0.2, -0.15) is 0 Å². The van der Waals surface area contributed by atoms with Crippen LogP contribution in [0, 0.1) is 0 Å². The molecule has 6 aromatic carbocycles. The van der Waals surface area contributed by atoms with E-state index in [0.717, 1.165) is 27.1 Å². The van der Waals surface area contributed by atoms with E-state index in [1.165, 1.54) is 6.92 Å². The Morgan fingerprint density at radius 3 is 1.78 bits per heavy atom. The van der Waals surface area contributed by atoms with Gasteiger partial charge in [0.05, 0.1) is 11.1 Å². The van der Waals surface area contributed by atoms with Crippen LogP contribution < -0.4 is 5.73 Å². The Bertz CT molecular complexity index is 2450. The number of Topliss-reactive ketones (excluding diaryl/α,β-unsaturated/α-hetero) is 1. The molecule has 0 fully saturated rings. The van der Waals surface area contributed by atoms with Gasteiger partial charge in [-0.05, 0) is 52.2 Å². The van der Waals surface area contributed by atoms with Gasteiger partial charge in [0.1, 0.15) is 11.5 Å². The molecule has 8 aromatic rings. The number of hydrogen-bond donors (Lipinski definition) is 3. The van der Waals surface area contributed by atoms with Crippen LogP contribution in [0.5, 0.6) is 11.5 Å². The van der Waals surface area contributed by atoms with Gasteiger partial charge >= 0.3 is 0 Å². The molecule has 0 radical (unpaired) electrons. The summed E-state index contributed by atoms with van der Waals surface area (Å²) in [5.74, 6) is 1.29. The second kappa shape index (κ2) is 13.8. The van der Waals surface area contributed by atoms with Crippen molar-refractivity contribution in [2.75, 3.05) is 0 Å². The van der Waals surface area contributed by atoms with Crippen molar-refractivity contribution in [1.82, 2.24) is 20.4 Å². The largest absolute Gasteiger partial charge is 0.507 e. The molecule has 8 rings (SSSR count). The fourth-order valence-electron chi connectivity index (χ4n) is 5.82. The number of hydrogen-bond acceptors (Lipinski definition) is 10. The summed E-state index contributed by atoms with van der Waals surface area (Å²) in [6, 6.07) is 38.9. The van der Waals surface area contributed by atoms with Crippen molar-refractivity contribution in [3.8, 4) is 45.9 Å². The molecule has 246 valence electrons. The zero-order valence-electron chi connectivity index (χ0n) is 26.9. The van der Waals surface area contributed by atoms with Gasteiger partial charge in [0.25, 0.3) is 11.8 Å². The highest BCUT2D eigenvalue weighted by molar-refractivity contribution is 6.00. The van der Waals surface area contributed by atoms with Crippen molar-refractivity contribution >= 4 is 27.3 Å². The van der Waals surface area contributed by atoms with E-state index in [9.17, 15) is 15.0 Å². The average molecular weight is 662 g/mol. The Balaban J connectivity index is 0.000000157. The molecule has 50 heavy (non-hydrogen) atoms. The standard InChI is InChI=1S/C20H17N3O2.C20H14N2O3/c21-16(14-7-2-1-3-8-14)12-18-22-23-20(25-18)19-15-9-5-4-6-13(15)10-11-17(19)24;1-12(23)14-7-4-5-9-16(14)19-21-22-20(25-19)18-15-8-3-2-6-13(15)10-11-17(18)24/h1-11,16,24H,12,21H2;2-11,24H,1H3. The molecule has 0 aliphatic carbocycles. The lowest BCUT2D eigenvalue weighted by atomic mass is 10.0. The van der Waals surface area contributed by atoms with Crippen molar-refractivity contribution < 1.29 is 23.8 Å². The van der Waals surface area contributed by atoms with Crippen LogP contribution in [-0.4, -0.2) is 36.4 Å². The summed E-state index contributed by atoms with van der Waals surface area (Å²) >= 11 is 0. The summed E-state index contributed by atoms with van der Waals surface area (Å²) in [5.41, 5.74) is 9.35. The first-order valence-corrected chi connectivity index (χ1v) is 15.9. The zero-order chi connectivity index (χ0) is 34.6. The summed E-state index contributed by atoms with van der Waals surface area (Å²) in [5, 5.41) is 40.6. The Morgan fingerprint density at radius 1 is 0.620 bits per heavy atom. The Hall–Kier alpha value is -6.65. The molecule has 0 saturated carbocycles. The molecule has 0 saturated heterocycles. The molecule has 10 heteroatoms. The molecule has 0 amide bonds.